The molecule has 0 spiro atoms. The fourth-order valence-electron chi connectivity index (χ4n) is 3.60. The Labute approximate surface area is 158 Å². The summed E-state index contributed by atoms with van der Waals surface area (Å²) in [5, 5.41) is 2.58. The van der Waals surface area contributed by atoms with Crippen LogP contribution in [0.2, 0.25) is 0 Å². The Hall–Kier alpha value is -2.15. The van der Waals surface area contributed by atoms with Gasteiger partial charge < -0.3 is 0 Å². The van der Waals surface area contributed by atoms with Crippen molar-refractivity contribution in [3.63, 3.8) is 0 Å². The van der Waals surface area contributed by atoms with Crippen molar-refractivity contribution in [3.8, 4) is 11.3 Å². The lowest BCUT2D eigenvalue weighted by molar-refractivity contribution is 0.590. The van der Waals surface area contributed by atoms with E-state index in [2.05, 4.69) is 84.9 Å². The molecule has 1 aromatic heterocycles. The highest BCUT2D eigenvalue weighted by Gasteiger charge is 2.17. The van der Waals surface area contributed by atoms with Gasteiger partial charge in [-0.05, 0) is 77.9 Å². The highest BCUT2D eigenvalue weighted by Crippen LogP contribution is 2.34. The average Bonchev–Trinajstić information content (AvgIpc) is 2.59. The molecule has 1 atom stereocenters. The predicted molar refractivity (Wildman–Crippen MR) is 114 cm³/mol. The number of fused-ring (bicyclic) bond motifs is 1. The van der Waals surface area contributed by atoms with Gasteiger partial charge in [0.1, 0.15) is 0 Å². The van der Waals surface area contributed by atoms with E-state index >= 15 is 0 Å². The Morgan fingerprint density at radius 2 is 1.69 bits per heavy atom. The number of benzene rings is 2. The van der Waals surface area contributed by atoms with Gasteiger partial charge >= 0.3 is 0 Å². The van der Waals surface area contributed by atoms with E-state index in [1.165, 1.54) is 38.6 Å². The largest absolute Gasteiger partial charge is 0.256 e. The molecule has 2 aromatic carbocycles. The molecule has 0 fully saturated rings. The zero-order chi connectivity index (χ0) is 19.1. The van der Waals surface area contributed by atoms with Crippen LogP contribution < -0.4 is 0 Å². The van der Waals surface area contributed by atoms with Gasteiger partial charge in [-0.3, -0.25) is 4.98 Å². The molecule has 1 heteroatoms. The number of aromatic nitrogens is 1. The molecule has 0 aliphatic heterocycles. The Morgan fingerprint density at radius 3 is 2.35 bits per heavy atom. The van der Waals surface area contributed by atoms with Gasteiger partial charge in [-0.2, -0.15) is 0 Å². The van der Waals surface area contributed by atoms with Crippen LogP contribution in [0.3, 0.4) is 0 Å². The van der Waals surface area contributed by atoms with Crippen LogP contribution in [0, 0.1) is 13.8 Å². The minimum atomic E-state index is 0.128. The standard InChI is InChI=1S/C25H31N/c1-8-17(3)19-13-18(4)22-9-10-26-24(23(22)15-19)20-11-16(2)12-21(14-20)25(5,6)7/h9-15,17H,8H2,1-7H3. The third-order valence-corrected chi connectivity index (χ3v) is 5.51. The molecule has 3 rings (SSSR count). The molecule has 1 heterocycles. The lowest BCUT2D eigenvalue weighted by atomic mass is 9.84. The summed E-state index contributed by atoms with van der Waals surface area (Å²) in [5.41, 5.74) is 7.86. The summed E-state index contributed by atoms with van der Waals surface area (Å²) in [6.07, 6.45) is 3.10. The molecule has 0 bridgehead atoms. The summed E-state index contributed by atoms with van der Waals surface area (Å²) in [6.45, 7) is 15.8. The van der Waals surface area contributed by atoms with Gasteiger partial charge in [-0.25, -0.2) is 0 Å². The molecule has 0 N–H and O–H groups in total. The normalized spacial score (nSPS) is 13.2. The number of pyridine rings is 1. The topological polar surface area (TPSA) is 12.9 Å². The molecule has 26 heavy (non-hydrogen) atoms. The van der Waals surface area contributed by atoms with Crippen molar-refractivity contribution in [1.82, 2.24) is 4.98 Å². The molecule has 3 aromatic rings. The molecule has 0 amide bonds. The molecule has 1 unspecified atom stereocenters. The second-order valence-corrected chi connectivity index (χ2v) is 8.74. The second kappa shape index (κ2) is 6.87. The van der Waals surface area contributed by atoms with Crippen LogP contribution in [0.25, 0.3) is 22.0 Å². The van der Waals surface area contributed by atoms with E-state index in [0.717, 1.165) is 12.1 Å². The van der Waals surface area contributed by atoms with Crippen LogP contribution in [0.4, 0.5) is 0 Å². The molecule has 0 aliphatic carbocycles. The Balaban J connectivity index is 2.29. The lowest BCUT2D eigenvalue weighted by Crippen LogP contribution is -2.11. The first-order chi connectivity index (χ1) is 12.2. The van der Waals surface area contributed by atoms with Crippen molar-refractivity contribution >= 4 is 10.8 Å². The number of rotatable bonds is 3. The van der Waals surface area contributed by atoms with Crippen molar-refractivity contribution < 1.29 is 0 Å². The van der Waals surface area contributed by atoms with Crippen LogP contribution >= 0.6 is 0 Å². The maximum absolute atomic E-state index is 4.81. The monoisotopic (exact) mass is 345 g/mol. The van der Waals surface area contributed by atoms with Crippen LogP contribution in [-0.4, -0.2) is 4.98 Å². The maximum Gasteiger partial charge on any atom is 0.0780 e. The zero-order valence-electron chi connectivity index (χ0n) is 17.3. The highest BCUT2D eigenvalue weighted by molar-refractivity contribution is 5.97. The fourth-order valence-corrected chi connectivity index (χ4v) is 3.60. The van der Waals surface area contributed by atoms with Crippen molar-refractivity contribution in [2.24, 2.45) is 0 Å². The smallest absolute Gasteiger partial charge is 0.0780 e. The van der Waals surface area contributed by atoms with Crippen molar-refractivity contribution in [2.45, 2.75) is 66.2 Å². The van der Waals surface area contributed by atoms with E-state index < -0.39 is 0 Å². The first-order valence-electron chi connectivity index (χ1n) is 9.72. The molecule has 0 radical (unpaired) electrons. The summed E-state index contributed by atoms with van der Waals surface area (Å²) in [6, 6.07) is 13.7. The molecule has 1 nitrogen and oxygen atoms in total. The third kappa shape index (κ3) is 3.53. The third-order valence-electron chi connectivity index (χ3n) is 5.51. The summed E-state index contributed by atoms with van der Waals surface area (Å²) in [4.78, 5) is 4.81. The van der Waals surface area contributed by atoms with Crippen molar-refractivity contribution in [1.29, 1.82) is 0 Å². The Kier molecular flexibility index (Phi) is 4.92. The number of aryl methyl sites for hydroxylation is 2. The van der Waals surface area contributed by atoms with E-state index in [1.807, 2.05) is 6.20 Å². The predicted octanol–water partition coefficient (Wildman–Crippen LogP) is 7.33. The molecule has 136 valence electrons. The van der Waals surface area contributed by atoms with E-state index in [1.54, 1.807) is 0 Å². The quantitative estimate of drug-likeness (QED) is 0.484. The lowest BCUT2D eigenvalue weighted by Gasteiger charge is -2.21. The minimum absolute atomic E-state index is 0.128. The number of hydrogen-bond donors (Lipinski definition) is 0. The van der Waals surface area contributed by atoms with Crippen LogP contribution in [0.5, 0.6) is 0 Å². The Morgan fingerprint density at radius 1 is 0.962 bits per heavy atom. The van der Waals surface area contributed by atoms with E-state index in [9.17, 15) is 0 Å². The summed E-state index contributed by atoms with van der Waals surface area (Å²) in [7, 11) is 0. The van der Waals surface area contributed by atoms with Gasteiger partial charge in [-0.1, -0.05) is 52.3 Å². The molecule has 0 saturated heterocycles. The molecule has 0 aliphatic rings. The molecular weight excluding hydrogens is 314 g/mol. The van der Waals surface area contributed by atoms with Gasteiger partial charge in [0.2, 0.25) is 0 Å². The fraction of sp³-hybridized carbons (Fsp3) is 0.400. The van der Waals surface area contributed by atoms with Crippen LogP contribution in [0.15, 0.2) is 42.6 Å². The SMILES string of the molecule is CCC(C)c1cc(C)c2ccnc(-c3cc(C)cc(C(C)(C)C)c3)c2c1. The number of nitrogens with zero attached hydrogens (tertiary/aromatic N) is 1. The molecular formula is C25H31N. The molecule has 0 saturated carbocycles. The van der Waals surface area contributed by atoms with Gasteiger partial charge in [0.25, 0.3) is 0 Å². The van der Waals surface area contributed by atoms with Crippen molar-refractivity contribution in [2.75, 3.05) is 0 Å². The second-order valence-electron chi connectivity index (χ2n) is 8.74. The minimum Gasteiger partial charge on any atom is -0.256 e. The first kappa shape index (κ1) is 18.6. The van der Waals surface area contributed by atoms with E-state index in [0.29, 0.717) is 5.92 Å². The average molecular weight is 346 g/mol. The van der Waals surface area contributed by atoms with Gasteiger partial charge in [0.05, 0.1) is 5.69 Å². The van der Waals surface area contributed by atoms with Gasteiger partial charge in [0, 0.05) is 17.1 Å². The summed E-state index contributed by atoms with van der Waals surface area (Å²) in [5.74, 6) is 0.564. The zero-order valence-corrected chi connectivity index (χ0v) is 17.3. The highest BCUT2D eigenvalue weighted by atomic mass is 14.7. The maximum atomic E-state index is 4.81. The number of hydrogen-bond acceptors (Lipinski definition) is 1. The van der Waals surface area contributed by atoms with E-state index in [-0.39, 0.29) is 5.41 Å². The van der Waals surface area contributed by atoms with Crippen LogP contribution in [0.1, 0.15) is 69.2 Å². The Bertz CT molecular complexity index is 944. The van der Waals surface area contributed by atoms with Crippen LogP contribution in [-0.2, 0) is 5.41 Å². The summed E-state index contributed by atoms with van der Waals surface area (Å²) >= 11 is 0. The van der Waals surface area contributed by atoms with Gasteiger partial charge in [0.15, 0.2) is 0 Å². The first-order valence-corrected chi connectivity index (χ1v) is 9.72. The van der Waals surface area contributed by atoms with Crippen molar-refractivity contribution in [3.05, 3.63) is 64.8 Å². The van der Waals surface area contributed by atoms with E-state index in [4.69, 9.17) is 4.98 Å². The van der Waals surface area contributed by atoms with Gasteiger partial charge in [-0.15, -0.1) is 0 Å². The summed E-state index contributed by atoms with van der Waals surface area (Å²) < 4.78 is 0.